The van der Waals surface area contributed by atoms with Crippen molar-refractivity contribution in [2.24, 2.45) is 0 Å². The van der Waals surface area contributed by atoms with E-state index < -0.39 is 6.09 Å². The number of carboxylic acid groups (broad SMARTS) is 1. The van der Waals surface area contributed by atoms with Gasteiger partial charge < -0.3 is 20.6 Å². The fourth-order valence-corrected chi connectivity index (χ4v) is 3.79. The third kappa shape index (κ3) is 5.18. The first-order valence-electron chi connectivity index (χ1n) is 10.4. The number of amides is 1. The van der Waals surface area contributed by atoms with E-state index in [1.54, 1.807) is 6.20 Å². The average molecular weight is 422 g/mol. The van der Waals surface area contributed by atoms with Crippen molar-refractivity contribution in [2.45, 2.75) is 32.4 Å². The van der Waals surface area contributed by atoms with Crippen LogP contribution in [0.3, 0.4) is 0 Å². The van der Waals surface area contributed by atoms with Gasteiger partial charge >= 0.3 is 6.09 Å². The highest BCUT2D eigenvalue weighted by molar-refractivity contribution is 5.65. The monoisotopic (exact) mass is 421 g/mol. The summed E-state index contributed by atoms with van der Waals surface area (Å²) in [6.45, 7) is 4.41. The smallest absolute Gasteiger partial charge is 0.404 e. The Bertz CT molecular complexity index is 1060. The van der Waals surface area contributed by atoms with Gasteiger partial charge in [0.05, 0.1) is 23.6 Å². The molecule has 1 saturated heterocycles. The summed E-state index contributed by atoms with van der Waals surface area (Å²) >= 11 is 0. The molecular formula is C22H27N7O2. The van der Waals surface area contributed by atoms with Crippen LogP contribution in [0.25, 0.3) is 11.3 Å². The van der Waals surface area contributed by atoms with Crippen molar-refractivity contribution in [1.29, 1.82) is 0 Å². The van der Waals surface area contributed by atoms with E-state index in [2.05, 4.69) is 37.6 Å². The number of rotatable bonds is 6. The Morgan fingerprint density at radius 1 is 1.26 bits per heavy atom. The van der Waals surface area contributed by atoms with Crippen LogP contribution in [0.5, 0.6) is 0 Å². The zero-order valence-corrected chi connectivity index (χ0v) is 17.7. The predicted octanol–water partition coefficient (Wildman–Crippen LogP) is 3.43. The first-order chi connectivity index (χ1) is 15.0. The highest BCUT2D eigenvalue weighted by Gasteiger charge is 2.19. The molecule has 2 aromatic heterocycles. The normalized spacial score (nSPS) is 15.0. The maximum atomic E-state index is 10.7. The molecule has 9 nitrogen and oxygen atoms in total. The summed E-state index contributed by atoms with van der Waals surface area (Å²) in [4.78, 5) is 22.0. The van der Waals surface area contributed by atoms with Crippen LogP contribution in [0, 0.1) is 6.92 Å². The van der Waals surface area contributed by atoms with E-state index in [1.807, 2.05) is 48.3 Å². The highest BCUT2D eigenvalue weighted by atomic mass is 16.4. The molecule has 3 N–H and O–H groups in total. The summed E-state index contributed by atoms with van der Waals surface area (Å²) in [6.07, 6.45) is 6.71. The number of nitrogens with one attached hydrogen (secondary N) is 2. The topological polar surface area (TPSA) is 108 Å². The molecule has 0 spiro atoms. The number of nitrogens with zero attached hydrogens (tertiary/aromatic N) is 5. The molecule has 0 bridgehead atoms. The summed E-state index contributed by atoms with van der Waals surface area (Å²) in [7, 11) is 2.15. The van der Waals surface area contributed by atoms with E-state index in [4.69, 9.17) is 5.11 Å². The number of likely N-dealkylation sites (tertiary alicyclic amines) is 1. The first kappa shape index (κ1) is 20.8. The number of anilines is 2. The van der Waals surface area contributed by atoms with Crippen molar-refractivity contribution in [2.75, 3.05) is 25.5 Å². The third-order valence-corrected chi connectivity index (χ3v) is 5.64. The third-order valence-electron chi connectivity index (χ3n) is 5.64. The molecule has 0 unspecified atom stereocenters. The van der Waals surface area contributed by atoms with E-state index in [1.165, 1.54) is 0 Å². The van der Waals surface area contributed by atoms with Crippen molar-refractivity contribution in [1.82, 2.24) is 30.0 Å². The lowest BCUT2D eigenvalue weighted by molar-refractivity contribution is 0.194. The molecule has 1 amide bonds. The molecule has 3 aromatic rings. The number of aryl methyl sites for hydroxylation is 1. The predicted molar refractivity (Wildman–Crippen MR) is 118 cm³/mol. The fraction of sp³-hybridized carbons (Fsp3) is 0.364. The van der Waals surface area contributed by atoms with Gasteiger partial charge in [-0.15, -0.1) is 0 Å². The summed E-state index contributed by atoms with van der Waals surface area (Å²) < 4.78 is 2.03. The van der Waals surface area contributed by atoms with Crippen LogP contribution in [-0.4, -0.2) is 56.0 Å². The van der Waals surface area contributed by atoms with Crippen molar-refractivity contribution >= 4 is 17.7 Å². The molecular weight excluding hydrogens is 394 g/mol. The van der Waals surface area contributed by atoms with Crippen LogP contribution in [0.4, 0.5) is 16.4 Å². The van der Waals surface area contributed by atoms with Crippen molar-refractivity contribution in [3.8, 4) is 11.3 Å². The Morgan fingerprint density at radius 3 is 2.81 bits per heavy atom. The summed E-state index contributed by atoms with van der Waals surface area (Å²) in [6, 6.07) is 8.15. The lowest BCUT2D eigenvalue weighted by Gasteiger charge is -2.28. The van der Waals surface area contributed by atoms with Gasteiger partial charge in [-0.05, 0) is 63.2 Å². The largest absolute Gasteiger partial charge is 0.465 e. The number of aromatic nitrogens is 4. The zero-order valence-electron chi connectivity index (χ0n) is 17.7. The molecule has 1 aliphatic heterocycles. The SMILES string of the molecule is Cc1cc(-c2ccnc(Nc3cnn(C4CCN(C)CC4)c3)n2)ccc1CNC(=O)O. The molecule has 0 saturated carbocycles. The molecule has 162 valence electrons. The van der Waals surface area contributed by atoms with Gasteiger partial charge in [0.1, 0.15) is 0 Å². The Hall–Kier alpha value is -3.46. The van der Waals surface area contributed by atoms with Gasteiger partial charge in [-0.2, -0.15) is 5.10 Å². The van der Waals surface area contributed by atoms with Gasteiger partial charge in [0.15, 0.2) is 0 Å². The number of hydrogen-bond acceptors (Lipinski definition) is 6. The lowest BCUT2D eigenvalue weighted by Crippen LogP contribution is -2.31. The van der Waals surface area contributed by atoms with E-state index in [-0.39, 0.29) is 6.54 Å². The second-order valence-electron chi connectivity index (χ2n) is 7.93. The van der Waals surface area contributed by atoms with Gasteiger partial charge in [-0.3, -0.25) is 4.68 Å². The minimum absolute atomic E-state index is 0.277. The van der Waals surface area contributed by atoms with E-state index in [0.717, 1.165) is 54.0 Å². The van der Waals surface area contributed by atoms with Gasteiger partial charge in [0.2, 0.25) is 5.95 Å². The minimum Gasteiger partial charge on any atom is -0.465 e. The molecule has 1 aromatic carbocycles. The molecule has 0 atom stereocenters. The molecule has 4 rings (SSSR count). The van der Waals surface area contributed by atoms with E-state index >= 15 is 0 Å². The van der Waals surface area contributed by atoms with E-state index in [9.17, 15) is 4.79 Å². The van der Waals surface area contributed by atoms with Gasteiger partial charge in [0, 0.05) is 24.5 Å². The van der Waals surface area contributed by atoms with Crippen LogP contribution < -0.4 is 10.6 Å². The second kappa shape index (κ2) is 9.13. The standard InChI is InChI=1S/C22H27N7O2/c1-15-11-16(3-4-17(15)12-24-22(30)31)20-5-8-23-21(27-20)26-18-13-25-29(14-18)19-6-9-28(2)10-7-19/h3-5,8,11,13-14,19,24H,6-7,9-10,12H2,1-2H3,(H,30,31)(H,23,26,27). The number of hydrogen-bond donors (Lipinski definition) is 3. The fourth-order valence-electron chi connectivity index (χ4n) is 3.79. The Balaban J connectivity index is 1.45. The first-order valence-corrected chi connectivity index (χ1v) is 10.4. The van der Waals surface area contributed by atoms with Crippen molar-refractivity contribution in [3.05, 3.63) is 54.0 Å². The lowest BCUT2D eigenvalue weighted by atomic mass is 10.0. The molecule has 1 fully saturated rings. The van der Waals surface area contributed by atoms with Crippen LogP contribution in [0.2, 0.25) is 0 Å². The van der Waals surface area contributed by atoms with Crippen LogP contribution in [0.1, 0.15) is 30.0 Å². The van der Waals surface area contributed by atoms with Crippen LogP contribution in [-0.2, 0) is 6.54 Å². The second-order valence-corrected chi connectivity index (χ2v) is 7.93. The molecule has 31 heavy (non-hydrogen) atoms. The summed E-state index contributed by atoms with van der Waals surface area (Å²) in [5, 5.41) is 19.0. The molecule has 0 radical (unpaired) electrons. The number of benzene rings is 1. The highest BCUT2D eigenvalue weighted by Crippen LogP contribution is 2.25. The van der Waals surface area contributed by atoms with Crippen LogP contribution >= 0.6 is 0 Å². The maximum Gasteiger partial charge on any atom is 0.404 e. The van der Waals surface area contributed by atoms with Gasteiger partial charge in [-0.1, -0.05) is 12.1 Å². The van der Waals surface area contributed by atoms with Crippen molar-refractivity contribution < 1.29 is 9.90 Å². The quantitative estimate of drug-likeness (QED) is 0.560. The van der Waals surface area contributed by atoms with Crippen molar-refractivity contribution in [3.63, 3.8) is 0 Å². The molecule has 0 aliphatic carbocycles. The number of piperidine rings is 1. The zero-order chi connectivity index (χ0) is 21.8. The molecule has 1 aliphatic rings. The van der Waals surface area contributed by atoms with Gasteiger partial charge in [-0.25, -0.2) is 14.8 Å². The Labute approximate surface area is 181 Å². The van der Waals surface area contributed by atoms with Crippen LogP contribution in [0.15, 0.2) is 42.9 Å². The molecule has 3 heterocycles. The Kier molecular flexibility index (Phi) is 6.13. The molecule has 9 heteroatoms. The summed E-state index contributed by atoms with van der Waals surface area (Å²) in [5.74, 6) is 0.509. The van der Waals surface area contributed by atoms with Gasteiger partial charge in [0.25, 0.3) is 0 Å². The Morgan fingerprint density at radius 2 is 2.06 bits per heavy atom. The minimum atomic E-state index is -1.03. The summed E-state index contributed by atoms with van der Waals surface area (Å²) in [5.41, 5.74) is 4.53. The average Bonchev–Trinajstić information content (AvgIpc) is 3.22. The van der Waals surface area contributed by atoms with E-state index in [0.29, 0.717) is 12.0 Å². The maximum absolute atomic E-state index is 10.7. The number of carbonyl (C=O) groups is 1.